The molecular formula is C20H30N2O3S. The predicted molar refractivity (Wildman–Crippen MR) is 103 cm³/mol. The van der Waals surface area contributed by atoms with Gasteiger partial charge in [-0.3, -0.25) is 4.79 Å². The number of rotatable bonds is 4. The van der Waals surface area contributed by atoms with E-state index in [4.69, 9.17) is 0 Å². The summed E-state index contributed by atoms with van der Waals surface area (Å²) in [7, 11) is -3.49. The Balaban J connectivity index is 1.70. The predicted octanol–water partition coefficient (Wildman–Crippen LogP) is 3.56. The number of carbonyl (C=O) groups is 1. The molecule has 1 aliphatic carbocycles. The van der Waals surface area contributed by atoms with Crippen LogP contribution in [0.4, 0.5) is 0 Å². The maximum atomic E-state index is 12.9. The van der Waals surface area contributed by atoms with Gasteiger partial charge in [-0.05, 0) is 62.8 Å². The zero-order chi connectivity index (χ0) is 18.7. The number of hydrogen-bond donors (Lipinski definition) is 1. The number of hydrogen-bond acceptors (Lipinski definition) is 3. The van der Waals surface area contributed by atoms with Crippen LogP contribution in [0.25, 0.3) is 0 Å². The Hall–Kier alpha value is -1.40. The van der Waals surface area contributed by atoms with Gasteiger partial charge in [0.05, 0.1) is 4.90 Å². The molecule has 3 unspecified atom stereocenters. The smallest absolute Gasteiger partial charge is 0.251 e. The number of nitrogens with zero attached hydrogens (tertiary/aromatic N) is 1. The highest BCUT2D eigenvalue weighted by Gasteiger charge is 2.31. The highest BCUT2D eigenvalue weighted by molar-refractivity contribution is 7.89. The van der Waals surface area contributed by atoms with Crippen molar-refractivity contribution in [2.45, 2.75) is 75.8 Å². The molecule has 5 nitrogen and oxygen atoms in total. The molecule has 1 aromatic rings. The minimum Gasteiger partial charge on any atom is -0.349 e. The maximum Gasteiger partial charge on any atom is 0.251 e. The number of carbonyl (C=O) groups excluding carboxylic acids is 1. The summed E-state index contributed by atoms with van der Waals surface area (Å²) >= 11 is 0. The number of piperidine rings is 1. The zero-order valence-corrected chi connectivity index (χ0v) is 16.6. The lowest BCUT2D eigenvalue weighted by Gasteiger charge is -2.32. The van der Waals surface area contributed by atoms with Crippen molar-refractivity contribution in [3.63, 3.8) is 0 Å². The fourth-order valence-electron chi connectivity index (χ4n) is 4.12. The average molecular weight is 379 g/mol. The Morgan fingerprint density at radius 1 is 1.00 bits per heavy atom. The van der Waals surface area contributed by atoms with E-state index in [9.17, 15) is 13.2 Å². The molecule has 0 spiro atoms. The number of sulfonamides is 1. The van der Waals surface area contributed by atoms with E-state index < -0.39 is 10.0 Å². The fourth-order valence-corrected chi connectivity index (χ4v) is 5.82. The van der Waals surface area contributed by atoms with E-state index in [0.717, 1.165) is 38.5 Å². The minimum atomic E-state index is -3.49. The molecular weight excluding hydrogens is 348 g/mol. The summed E-state index contributed by atoms with van der Waals surface area (Å²) in [5.41, 5.74) is 0.522. The Morgan fingerprint density at radius 2 is 1.65 bits per heavy atom. The molecule has 1 aliphatic heterocycles. The highest BCUT2D eigenvalue weighted by Crippen LogP contribution is 2.26. The third kappa shape index (κ3) is 4.12. The van der Waals surface area contributed by atoms with Crippen molar-refractivity contribution >= 4 is 15.9 Å². The second kappa shape index (κ2) is 8.09. The molecule has 1 heterocycles. The van der Waals surface area contributed by atoms with Crippen LogP contribution in [0.3, 0.4) is 0 Å². The van der Waals surface area contributed by atoms with Crippen molar-refractivity contribution in [2.75, 3.05) is 6.54 Å². The van der Waals surface area contributed by atoms with Crippen molar-refractivity contribution < 1.29 is 13.2 Å². The molecule has 1 amide bonds. The molecule has 0 bridgehead atoms. The van der Waals surface area contributed by atoms with Gasteiger partial charge in [0, 0.05) is 24.2 Å². The fraction of sp³-hybridized carbons (Fsp3) is 0.650. The first-order valence-electron chi connectivity index (χ1n) is 9.82. The van der Waals surface area contributed by atoms with Gasteiger partial charge in [0.2, 0.25) is 10.0 Å². The topological polar surface area (TPSA) is 66.5 Å². The van der Waals surface area contributed by atoms with Crippen molar-refractivity contribution in [1.82, 2.24) is 9.62 Å². The van der Waals surface area contributed by atoms with Crippen LogP contribution >= 0.6 is 0 Å². The first-order chi connectivity index (χ1) is 12.4. The summed E-state index contributed by atoms with van der Waals surface area (Å²) in [5.74, 6) is 0.381. The largest absolute Gasteiger partial charge is 0.349 e. The lowest BCUT2D eigenvalue weighted by Crippen LogP contribution is -2.42. The third-order valence-corrected chi connectivity index (χ3v) is 7.92. The molecule has 1 saturated carbocycles. The molecule has 0 aromatic heterocycles. The normalized spacial score (nSPS) is 27.8. The number of amides is 1. The summed E-state index contributed by atoms with van der Waals surface area (Å²) in [6.07, 6.45) is 7.44. The van der Waals surface area contributed by atoms with E-state index in [0.29, 0.717) is 18.0 Å². The molecule has 1 N–H and O–H groups in total. The maximum absolute atomic E-state index is 12.9. The Labute approximate surface area is 157 Å². The summed E-state index contributed by atoms with van der Waals surface area (Å²) in [6.45, 7) is 4.72. The molecule has 6 heteroatoms. The summed E-state index contributed by atoms with van der Waals surface area (Å²) in [5, 5.41) is 3.11. The van der Waals surface area contributed by atoms with Crippen molar-refractivity contribution in [1.29, 1.82) is 0 Å². The van der Waals surface area contributed by atoms with Crippen molar-refractivity contribution in [3.05, 3.63) is 29.8 Å². The summed E-state index contributed by atoms with van der Waals surface area (Å²) in [6, 6.07) is 6.64. The van der Waals surface area contributed by atoms with Crippen LogP contribution in [-0.4, -0.2) is 37.3 Å². The second-order valence-electron chi connectivity index (χ2n) is 7.83. The quantitative estimate of drug-likeness (QED) is 0.871. The van der Waals surface area contributed by atoms with Gasteiger partial charge >= 0.3 is 0 Å². The van der Waals surface area contributed by atoms with Crippen LogP contribution in [0.1, 0.15) is 69.2 Å². The van der Waals surface area contributed by atoms with E-state index in [2.05, 4.69) is 12.2 Å². The molecule has 26 heavy (non-hydrogen) atoms. The van der Waals surface area contributed by atoms with Gasteiger partial charge < -0.3 is 5.32 Å². The second-order valence-corrected chi connectivity index (χ2v) is 9.72. The van der Waals surface area contributed by atoms with E-state index in [1.807, 2.05) is 6.92 Å². The summed E-state index contributed by atoms with van der Waals surface area (Å²) in [4.78, 5) is 12.8. The first kappa shape index (κ1) is 19.4. The van der Waals surface area contributed by atoms with Crippen molar-refractivity contribution in [3.8, 4) is 0 Å². The first-order valence-corrected chi connectivity index (χ1v) is 11.3. The molecule has 144 valence electrons. The van der Waals surface area contributed by atoms with Crippen LogP contribution in [0, 0.1) is 5.92 Å². The SMILES string of the molecule is CC1CCCCC1NC(=O)c1ccc(S(=O)(=O)N2CCCCC2C)cc1. The van der Waals surface area contributed by atoms with E-state index in [1.54, 1.807) is 28.6 Å². The minimum absolute atomic E-state index is 0.0320. The number of benzene rings is 1. The Kier molecular flexibility index (Phi) is 6.03. The molecule has 1 aromatic carbocycles. The van der Waals surface area contributed by atoms with Crippen LogP contribution in [0.5, 0.6) is 0 Å². The van der Waals surface area contributed by atoms with Crippen LogP contribution in [0.2, 0.25) is 0 Å². The van der Waals surface area contributed by atoms with Gasteiger partial charge in [0.1, 0.15) is 0 Å². The van der Waals surface area contributed by atoms with Gasteiger partial charge in [0.25, 0.3) is 5.91 Å². The lowest BCUT2D eigenvalue weighted by molar-refractivity contribution is 0.0910. The lowest BCUT2D eigenvalue weighted by atomic mass is 9.86. The van der Waals surface area contributed by atoms with E-state index in [-0.39, 0.29) is 22.9 Å². The molecule has 3 rings (SSSR count). The molecule has 1 saturated heterocycles. The van der Waals surface area contributed by atoms with Gasteiger partial charge in [-0.25, -0.2) is 8.42 Å². The van der Waals surface area contributed by atoms with E-state index >= 15 is 0 Å². The molecule has 0 radical (unpaired) electrons. The average Bonchev–Trinajstić information content (AvgIpc) is 2.64. The molecule has 2 fully saturated rings. The molecule has 3 atom stereocenters. The summed E-state index contributed by atoms with van der Waals surface area (Å²) < 4.78 is 27.3. The van der Waals surface area contributed by atoms with Crippen LogP contribution in [0.15, 0.2) is 29.2 Å². The van der Waals surface area contributed by atoms with Crippen molar-refractivity contribution in [2.24, 2.45) is 5.92 Å². The van der Waals surface area contributed by atoms with Gasteiger partial charge in [-0.2, -0.15) is 4.31 Å². The van der Waals surface area contributed by atoms with Crippen LogP contribution < -0.4 is 5.32 Å². The Bertz CT molecular complexity index is 730. The standard InChI is InChI=1S/C20H30N2O3S/c1-15-7-3-4-9-19(15)21-20(23)17-10-12-18(13-11-17)26(24,25)22-14-6-5-8-16(22)2/h10-13,15-16,19H,3-9,14H2,1-2H3,(H,21,23). The monoisotopic (exact) mass is 378 g/mol. The zero-order valence-electron chi connectivity index (χ0n) is 15.8. The van der Waals surface area contributed by atoms with Gasteiger partial charge in [0.15, 0.2) is 0 Å². The highest BCUT2D eigenvalue weighted by atomic mass is 32.2. The van der Waals surface area contributed by atoms with Gasteiger partial charge in [-0.1, -0.05) is 26.2 Å². The van der Waals surface area contributed by atoms with E-state index in [1.165, 1.54) is 6.42 Å². The van der Waals surface area contributed by atoms with Gasteiger partial charge in [-0.15, -0.1) is 0 Å². The Morgan fingerprint density at radius 3 is 2.31 bits per heavy atom. The third-order valence-electron chi connectivity index (χ3n) is 5.89. The van der Waals surface area contributed by atoms with Crippen LogP contribution in [-0.2, 0) is 10.0 Å². The number of nitrogens with one attached hydrogen (secondary N) is 1. The molecule has 2 aliphatic rings.